The Morgan fingerprint density at radius 1 is 0.958 bits per heavy atom. The molecule has 0 radical (unpaired) electrons. The molecule has 0 spiro atoms. The summed E-state index contributed by atoms with van der Waals surface area (Å²) in [5.41, 5.74) is 4.83. The SMILES string of the molecule is Cc1ccc(-c2ccc(-c3nc4n(n3)CCCC4)c(F)c2)cc1C. The van der Waals surface area contributed by atoms with Gasteiger partial charge in [0.15, 0.2) is 5.82 Å². The number of benzene rings is 2. The van der Waals surface area contributed by atoms with Crippen molar-refractivity contribution in [3.05, 3.63) is 59.2 Å². The van der Waals surface area contributed by atoms with E-state index in [0.29, 0.717) is 11.4 Å². The predicted molar refractivity (Wildman–Crippen MR) is 93.3 cm³/mol. The molecule has 0 fully saturated rings. The van der Waals surface area contributed by atoms with Crippen LogP contribution in [0.4, 0.5) is 4.39 Å². The topological polar surface area (TPSA) is 30.7 Å². The smallest absolute Gasteiger partial charge is 0.184 e. The lowest BCUT2D eigenvalue weighted by Gasteiger charge is -2.09. The maximum Gasteiger partial charge on any atom is 0.184 e. The summed E-state index contributed by atoms with van der Waals surface area (Å²) in [6, 6.07) is 11.5. The first kappa shape index (κ1) is 15.1. The van der Waals surface area contributed by atoms with Gasteiger partial charge in [0.25, 0.3) is 0 Å². The minimum absolute atomic E-state index is 0.270. The summed E-state index contributed by atoms with van der Waals surface area (Å²) in [5, 5.41) is 4.48. The Bertz CT molecular complexity index is 888. The van der Waals surface area contributed by atoms with Crippen LogP contribution in [0.1, 0.15) is 29.8 Å². The molecule has 0 unspecified atom stereocenters. The molecular formula is C20H20FN3. The molecule has 0 saturated carbocycles. The van der Waals surface area contributed by atoms with Crippen molar-refractivity contribution < 1.29 is 4.39 Å². The quantitative estimate of drug-likeness (QED) is 0.684. The Balaban J connectivity index is 1.71. The van der Waals surface area contributed by atoms with Crippen molar-refractivity contribution in [2.75, 3.05) is 0 Å². The van der Waals surface area contributed by atoms with Crippen LogP contribution in [-0.2, 0) is 13.0 Å². The molecule has 0 atom stereocenters. The van der Waals surface area contributed by atoms with E-state index < -0.39 is 0 Å². The molecule has 0 N–H and O–H groups in total. The van der Waals surface area contributed by atoms with E-state index in [1.807, 2.05) is 16.8 Å². The largest absolute Gasteiger partial charge is 0.249 e. The molecule has 0 amide bonds. The molecule has 2 aromatic carbocycles. The van der Waals surface area contributed by atoms with Gasteiger partial charge in [-0.05, 0) is 61.1 Å². The molecular weight excluding hydrogens is 301 g/mol. The molecule has 1 aliphatic rings. The third-order valence-electron chi connectivity index (χ3n) is 4.82. The monoisotopic (exact) mass is 321 g/mol. The minimum Gasteiger partial charge on any atom is -0.249 e. The highest BCUT2D eigenvalue weighted by atomic mass is 19.1. The highest BCUT2D eigenvalue weighted by Gasteiger charge is 2.17. The predicted octanol–water partition coefficient (Wildman–Crippen LogP) is 4.70. The van der Waals surface area contributed by atoms with Crippen molar-refractivity contribution in [2.45, 2.75) is 39.7 Å². The van der Waals surface area contributed by atoms with Crippen molar-refractivity contribution in [2.24, 2.45) is 0 Å². The van der Waals surface area contributed by atoms with Gasteiger partial charge in [0.05, 0.1) is 5.56 Å². The van der Waals surface area contributed by atoms with E-state index in [4.69, 9.17) is 0 Å². The number of fused-ring (bicyclic) bond motifs is 1. The Morgan fingerprint density at radius 3 is 2.50 bits per heavy atom. The fourth-order valence-electron chi connectivity index (χ4n) is 3.19. The molecule has 122 valence electrons. The molecule has 0 bridgehead atoms. The molecule has 4 heteroatoms. The average molecular weight is 321 g/mol. The third-order valence-corrected chi connectivity index (χ3v) is 4.82. The number of hydrogen-bond donors (Lipinski definition) is 0. The lowest BCUT2D eigenvalue weighted by Crippen LogP contribution is -2.11. The first-order valence-electron chi connectivity index (χ1n) is 8.43. The second kappa shape index (κ2) is 5.86. The van der Waals surface area contributed by atoms with Crippen molar-refractivity contribution in [1.29, 1.82) is 0 Å². The normalized spacial score (nSPS) is 13.8. The Labute approximate surface area is 141 Å². The number of nitrogens with zero attached hydrogens (tertiary/aromatic N) is 3. The van der Waals surface area contributed by atoms with Gasteiger partial charge >= 0.3 is 0 Å². The number of rotatable bonds is 2. The minimum atomic E-state index is -0.270. The number of hydrogen-bond acceptors (Lipinski definition) is 2. The van der Waals surface area contributed by atoms with E-state index in [-0.39, 0.29) is 5.82 Å². The second-order valence-electron chi connectivity index (χ2n) is 6.53. The van der Waals surface area contributed by atoms with E-state index in [1.54, 1.807) is 12.1 Å². The third kappa shape index (κ3) is 2.62. The van der Waals surface area contributed by atoms with E-state index in [2.05, 4.69) is 36.1 Å². The van der Waals surface area contributed by atoms with Gasteiger partial charge in [0, 0.05) is 13.0 Å². The Kier molecular flexibility index (Phi) is 3.68. The summed E-state index contributed by atoms with van der Waals surface area (Å²) >= 11 is 0. The Hall–Kier alpha value is -2.49. The van der Waals surface area contributed by atoms with E-state index in [9.17, 15) is 4.39 Å². The van der Waals surface area contributed by atoms with Gasteiger partial charge in [0.1, 0.15) is 11.6 Å². The van der Waals surface area contributed by atoms with Crippen LogP contribution in [0.5, 0.6) is 0 Å². The molecule has 0 saturated heterocycles. The van der Waals surface area contributed by atoms with Gasteiger partial charge in [-0.2, -0.15) is 5.10 Å². The fourth-order valence-corrected chi connectivity index (χ4v) is 3.19. The number of aromatic nitrogens is 3. The highest BCUT2D eigenvalue weighted by molar-refractivity contribution is 5.69. The highest BCUT2D eigenvalue weighted by Crippen LogP contribution is 2.28. The van der Waals surface area contributed by atoms with Crippen LogP contribution >= 0.6 is 0 Å². The van der Waals surface area contributed by atoms with Crippen LogP contribution in [0.25, 0.3) is 22.5 Å². The van der Waals surface area contributed by atoms with Crippen LogP contribution in [0.2, 0.25) is 0 Å². The van der Waals surface area contributed by atoms with Crippen LogP contribution < -0.4 is 0 Å². The van der Waals surface area contributed by atoms with Crippen LogP contribution in [-0.4, -0.2) is 14.8 Å². The second-order valence-corrected chi connectivity index (χ2v) is 6.53. The fraction of sp³-hybridized carbons (Fsp3) is 0.300. The maximum absolute atomic E-state index is 14.7. The summed E-state index contributed by atoms with van der Waals surface area (Å²) in [6.07, 6.45) is 3.17. The lowest BCUT2D eigenvalue weighted by atomic mass is 9.99. The molecule has 4 rings (SSSR count). The molecule has 0 aliphatic carbocycles. The maximum atomic E-state index is 14.7. The first-order valence-corrected chi connectivity index (χ1v) is 8.43. The van der Waals surface area contributed by atoms with Gasteiger partial charge in [-0.15, -0.1) is 0 Å². The van der Waals surface area contributed by atoms with Crippen molar-refractivity contribution in [3.8, 4) is 22.5 Å². The van der Waals surface area contributed by atoms with Crippen LogP contribution in [0.3, 0.4) is 0 Å². The molecule has 1 aliphatic heterocycles. The van der Waals surface area contributed by atoms with Gasteiger partial charge in [-0.25, -0.2) is 14.1 Å². The standard InChI is InChI=1S/C20H20FN3/c1-13-6-7-15(11-14(13)2)16-8-9-17(18(21)12-16)20-22-19-5-3-4-10-24(19)23-20/h6-9,11-12H,3-5,10H2,1-2H3. The summed E-state index contributed by atoms with van der Waals surface area (Å²) in [5.74, 6) is 1.19. The van der Waals surface area contributed by atoms with Crippen molar-refractivity contribution in [3.63, 3.8) is 0 Å². The van der Waals surface area contributed by atoms with Crippen LogP contribution in [0, 0.1) is 19.7 Å². The van der Waals surface area contributed by atoms with E-state index >= 15 is 0 Å². The van der Waals surface area contributed by atoms with Gasteiger partial charge in [-0.1, -0.05) is 24.3 Å². The molecule has 3 aromatic rings. The zero-order valence-electron chi connectivity index (χ0n) is 14.0. The molecule has 1 aromatic heterocycles. The lowest BCUT2D eigenvalue weighted by molar-refractivity contribution is 0.480. The number of aryl methyl sites for hydroxylation is 4. The summed E-state index contributed by atoms with van der Waals surface area (Å²) < 4.78 is 16.6. The first-order chi connectivity index (χ1) is 11.6. The average Bonchev–Trinajstić information content (AvgIpc) is 3.01. The van der Waals surface area contributed by atoms with Crippen LogP contribution in [0.15, 0.2) is 36.4 Å². The van der Waals surface area contributed by atoms with Gasteiger partial charge in [-0.3, -0.25) is 0 Å². The van der Waals surface area contributed by atoms with Gasteiger partial charge in [0.2, 0.25) is 0 Å². The number of halogens is 1. The summed E-state index contributed by atoms with van der Waals surface area (Å²) in [6.45, 7) is 5.03. The van der Waals surface area contributed by atoms with Gasteiger partial charge < -0.3 is 0 Å². The van der Waals surface area contributed by atoms with Crippen molar-refractivity contribution in [1.82, 2.24) is 14.8 Å². The molecule has 3 nitrogen and oxygen atoms in total. The van der Waals surface area contributed by atoms with Crippen molar-refractivity contribution >= 4 is 0 Å². The molecule has 2 heterocycles. The zero-order valence-corrected chi connectivity index (χ0v) is 14.0. The summed E-state index contributed by atoms with van der Waals surface area (Å²) in [7, 11) is 0. The zero-order chi connectivity index (χ0) is 16.7. The van der Waals surface area contributed by atoms with E-state index in [0.717, 1.165) is 42.8 Å². The van der Waals surface area contributed by atoms with E-state index in [1.165, 1.54) is 11.1 Å². The molecule has 24 heavy (non-hydrogen) atoms. The summed E-state index contributed by atoms with van der Waals surface area (Å²) in [4.78, 5) is 4.52. The Morgan fingerprint density at radius 2 is 1.75 bits per heavy atom.